The second-order valence-corrected chi connectivity index (χ2v) is 9.75. The molecule has 0 saturated heterocycles. The van der Waals surface area contributed by atoms with Crippen molar-refractivity contribution >= 4 is 39.1 Å². The van der Waals surface area contributed by atoms with E-state index in [0.29, 0.717) is 17.9 Å². The highest BCUT2D eigenvalue weighted by atomic mass is 32.2. The first kappa shape index (κ1) is 18.8. The monoisotopic (exact) mass is 390 g/mol. The molecule has 0 saturated carbocycles. The van der Waals surface area contributed by atoms with Gasteiger partial charge in [-0.05, 0) is 55.3 Å². The Bertz CT molecular complexity index is 971. The van der Waals surface area contributed by atoms with Crippen LogP contribution >= 0.6 is 11.8 Å². The lowest BCUT2D eigenvalue weighted by atomic mass is 10.1. The maximum Gasteiger partial charge on any atom is 0.261 e. The fourth-order valence-electron chi connectivity index (χ4n) is 2.90. The molecule has 0 unspecified atom stereocenters. The number of thioether (sulfide) groups is 1. The van der Waals surface area contributed by atoms with Gasteiger partial charge in [0.2, 0.25) is 5.91 Å². The van der Waals surface area contributed by atoms with E-state index >= 15 is 0 Å². The average molecular weight is 391 g/mol. The molecular weight excluding hydrogens is 368 g/mol. The number of benzene rings is 2. The fraction of sp³-hybridized carbons (Fsp3) is 0.316. The Morgan fingerprint density at radius 2 is 1.88 bits per heavy atom. The highest BCUT2D eigenvalue weighted by Gasteiger charge is 2.27. The van der Waals surface area contributed by atoms with Gasteiger partial charge in [0.25, 0.3) is 10.0 Å². The fourth-order valence-corrected chi connectivity index (χ4v) is 5.06. The molecule has 3 rings (SSSR count). The molecule has 0 fully saturated rings. The van der Waals surface area contributed by atoms with Crippen LogP contribution < -0.4 is 9.62 Å². The zero-order valence-corrected chi connectivity index (χ0v) is 16.9. The lowest BCUT2D eigenvalue weighted by Gasteiger charge is -2.32. The summed E-state index contributed by atoms with van der Waals surface area (Å²) >= 11 is 1.65. The predicted molar refractivity (Wildman–Crippen MR) is 107 cm³/mol. The van der Waals surface area contributed by atoms with Crippen LogP contribution in [0.25, 0.3) is 0 Å². The third kappa shape index (κ3) is 3.73. The Kier molecular flexibility index (Phi) is 5.03. The van der Waals surface area contributed by atoms with Gasteiger partial charge < -0.3 is 4.90 Å². The summed E-state index contributed by atoms with van der Waals surface area (Å²) in [7, 11) is -3.74. The van der Waals surface area contributed by atoms with E-state index in [4.69, 9.17) is 0 Å². The van der Waals surface area contributed by atoms with E-state index in [9.17, 15) is 13.2 Å². The number of hydrogen-bond donors (Lipinski definition) is 1. The molecule has 26 heavy (non-hydrogen) atoms. The van der Waals surface area contributed by atoms with Gasteiger partial charge in [0.15, 0.2) is 0 Å². The van der Waals surface area contributed by atoms with Crippen LogP contribution in [0.5, 0.6) is 0 Å². The summed E-state index contributed by atoms with van der Waals surface area (Å²) in [5.74, 6) is -0.0879. The van der Waals surface area contributed by atoms with Gasteiger partial charge in [0.05, 0.1) is 10.6 Å². The Morgan fingerprint density at radius 3 is 2.54 bits per heavy atom. The summed E-state index contributed by atoms with van der Waals surface area (Å²) in [6.45, 7) is 8.04. The van der Waals surface area contributed by atoms with Crippen LogP contribution in [0.2, 0.25) is 0 Å². The second-order valence-electron chi connectivity index (χ2n) is 6.59. The molecule has 1 N–H and O–H groups in total. The number of hydrogen-bond acceptors (Lipinski definition) is 4. The van der Waals surface area contributed by atoms with Gasteiger partial charge in [-0.2, -0.15) is 0 Å². The van der Waals surface area contributed by atoms with E-state index in [1.165, 1.54) is 6.92 Å². The normalized spacial score (nSPS) is 16.9. The van der Waals surface area contributed by atoms with Gasteiger partial charge in [-0.3, -0.25) is 9.52 Å². The van der Waals surface area contributed by atoms with Crippen LogP contribution in [0.15, 0.2) is 46.2 Å². The molecular formula is C19H22N2O3S2. The number of fused-ring (bicyclic) bond motifs is 1. The molecule has 1 heterocycles. The number of amides is 1. The number of sulfonamides is 1. The summed E-state index contributed by atoms with van der Waals surface area (Å²) in [5.41, 5.74) is 3.30. The van der Waals surface area contributed by atoms with Crippen LogP contribution in [-0.2, 0) is 14.8 Å². The minimum absolute atomic E-state index is 0.0879. The molecule has 0 spiro atoms. The number of carbonyl (C=O) groups is 1. The van der Waals surface area contributed by atoms with Crippen molar-refractivity contribution in [3.8, 4) is 0 Å². The molecule has 1 amide bonds. The number of nitrogens with one attached hydrogen (secondary N) is 1. The zero-order valence-electron chi connectivity index (χ0n) is 15.2. The molecule has 0 radical (unpaired) electrons. The highest BCUT2D eigenvalue weighted by Crippen LogP contribution is 2.39. The van der Waals surface area contributed by atoms with Crippen LogP contribution in [0, 0.1) is 13.8 Å². The van der Waals surface area contributed by atoms with Gasteiger partial charge in [0.1, 0.15) is 0 Å². The van der Waals surface area contributed by atoms with Crippen molar-refractivity contribution < 1.29 is 13.2 Å². The molecule has 0 aromatic heterocycles. The summed E-state index contributed by atoms with van der Waals surface area (Å²) in [6, 6.07) is 10.4. The van der Waals surface area contributed by atoms with E-state index in [1.807, 2.05) is 26.0 Å². The first-order chi connectivity index (χ1) is 12.2. The van der Waals surface area contributed by atoms with Crippen LogP contribution in [0.4, 0.5) is 11.4 Å². The van der Waals surface area contributed by atoms with Gasteiger partial charge in [-0.25, -0.2) is 8.42 Å². The van der Waals surface area contributed by atoms with Gasteiger partial charge >= 0.3 is 0 Å². The number of anilines is 2. The number of carbonyl (C=O) groups excluding carboxylic acids is 1. The maximum absolute atomic E-state index is 12.8. The highest BCUT2D eigenvalue weighted by molar-refractivity contribution is 8.00. The summed E-state index contributed by atoms with van der Waals surface area (Å²) < 4.78 is 28.2. The van der Waals surface area contributed by atoms with Crippen LogP contribution in [0.3, 0.4) is 0 Å². The Balaban J connectivity index is 1.97. The molecule has 2 aromatic carbocycles. The molecule has 5 nitrogen and oxygen atoms in total. The Morgan fingerprint density at radius 1 is 1.15 bits per heavy atom. The van der Waals surface area contributed by atoms with Gasteiger partial charge in [0, 0.05) is 29.3 Å². The number of nitrogens with zero attached hydrogens (tertiary/aromatic N) is 1. The Hall–Kier alpha value is -1.99. The topological polar surface area (TPSA) is 66.5 Å². The lowest BCUT2D eigenvalue weighted by molar-refractivity contribution is -0.116. The maximum atomic E-state index is 12.8. The second kappa shape index (κ2) is 6.96. The summed E-state index contributed by atoms with van der Waals surface area (Å²) in [5, 5.41) is 0.266. The smallest absolute Gasteiger partial charge is 0.261 e. The predicted octanol–water partition coefficient (Wildman–Crippen LogP) is 3.95. The van der Waals surface area contributed by atoms with Crippen molar-refractivity contribution in [3.05, 3.63) is 47.5 Å². The van der Waals surface area contributed by atoms with Crippen molar-refractivity contribution in [1.82, 2.24) is 0 Å². The molecule has 1 atom stereocenters. The molecule has 1 aliphatic heterocycles. The third-order valence-corrected chi connectivity index (χ3v) is 6.97. The van der Waals surface area contributed by atoms with Crippen molar-refractivity contribution in [2.75, 3.05) is 16.2 Å². The summed E-state index contributed by atoms with van der Waals surface area (Å²) in [6.07, 6.45) is 0. The van der Waals surface area contributed by atoms with Crippen molar-refractivity contribution in [2.45, 2.75) is 42.7 Å². The largest absolute Gasteiger partial charge is 0.310 e. The molecule has 0 aliphatic carbocycles. The molecule has 7 heteroatoms. The van der Waals surface area contributed by atoms with Gasteiger partial charge in [-0.1, -0.05) is 13.0 Å². The average Bonchev–Trinajstić information content (AvgIpc) is 2.56. The summed E-state index contributed by atoms with van der Waals surface area (Å²) in [4.78, 5) is 14.7. The van der Waals surface area contributed by atoms with Crippen molar-refractivity contribution in [1.29, 1.82) is 0 Å². The van der Waals surface area contributed by atoms with E-state index in [0.717, 1.165) is 16.0 Å². The third-order valence-electron chi connectivity index (χ3n) is 4.44. The van der Waals surface area contributed by atoms with E-state index in [-0.39, 0.29) is 16.1 Å². The lowest BCUT2D eigenvalue weighted by Crippen LogP contribution is -2.37. The van der Waals surface area contributed by atoms with Crippen molar-refractivity contribution in [2.24, 2.45) is 0 Å². The number of aryl methyl sites for hydroxylation is 2. The minimum atomic E-state index is -3.74. The van der Waals surface area contributed by atoms with Gasteiger partial charge in [-0.15, -0.1) is 11.8 Å². The van der Waals surface area contributed by atoms with Crippen LogP contribution in [-0.4, -0.2) is 26.1 Å². The SMILES string of the molecule is CC(=O)N1C[C@H](C)Sc2ccc(S(=O)(=O)Nc3ccc(C)c(C)c3)cc21. The standard InChI is InChI=1S/C19H22N2O3S2/c1-12-5-6-16(9-13(12)2)20-26(23,24)17-7-8-19-18(10-17)21(15(4)22)11-14(3)25-19/h5-10,14,20H,11H2,1-4H3/t14-/m0/s1. The molecule has 0 bridgehead atoms. The first-order valence-electron chi connectivity index (χ1n) is 8.36. The van der Waals surface area contributed by atoms with Crippen molar-refractivity contribution in [3.63, 3.8) is 0 Å². The Labute approximate surface area is 158 Å². The van der Waals surface area contributed by atoms with E-state index in [2.05, 4.69) is 11.6 Å². The zero-order chi connectivity index (χ0) is 19.1. The quantitative estimate of drug-likeness (QED) is 0.862. The molecule has 138 valence electrons. The minimum Gasteiger partial charge on any atom is -0.310 e. The molecule has 1 aliphatic rings. The molecule has 2 aromatic rings. The van der Waals surface area contributed by atoms with Crippen LogP contribution in [0.1, 0.15) is 25.0 Å². The van der Waals surface area contributed by atoms with E-state index < -0.39 is 10.0 Å². The van der Waals surface area contributed by atoms with E-state index in [1.54, 1.807) is 40.9 Å². The number of rotatable bonds is 3. The first-order valence-corrected chi connectivity index (χ1v) is 10.7.